The highest BCUT2D eigenvalue weighted by molar-refractivity contribution is 5.78. The summed E-state index contributed by atoms with van der Waals surface area (Å²) >= 11 is 0. The summed E-state index contributed by atoms with van der Waals surface area (Å²) in [4.78, 5) is 98.1. The van der Waals surface area contributed by atoms with Gasteiger partial charge in [-0.2, -0.15) is 8.78 Å². The molecule has 38 heteroatoms. The molecule has 0 aliphatic carbocycles. The highest BCUT2D eigenvalue weighted by Gasteiger charge is 2.33. The second kappa shape index (κ2) is 63.5. The van der Waals surface area contributed by atoms with Crippen LogP contribution < -0.4 is 37.9 Å². The highest BCUT2D eigenvalue weighted by Crippen LogP contribution is 2.31. The van der Waals surface area contributed by atoms with E-state index in [1.807, 2.05) is 148 Å². The minimum atomic E-state index is -4.77. The Kier molecular flexibility index (Phi) is 53.1. The largest absolute Gasteiger partial charge is 0.573 e. The molecule has 0 aromatic heterocycles. The summed E-state index contributed by atoms with van der Waals surface area (Å²) in [5.41, 5.74) is 6.75. The lowest BCUT2D eigenvalue weighted by molar-refractivity contribution is -0.275. The van der Waals surface area contributed by atoms with Crippen LogP contribution in [-0.4, -0.2) is 247 Å². The molecule has 0 radical (unpaired) electrons. The van der Waals surface area contributed by atoms with Crippen molar-refractivity contribution in [1.82, 2.24) is 19.6 Å². The van der Waals surface area contributed by atoms with Gasteiger partial charge in [-0.05, 0) is 218 Å². The molecular weight excluding hydrogens is 1830 g/mol. The Morgan fingerprint density at radius 2 is 0.565 bits per heavy atom. The third-order valence-corrected chi connectivity index (χ3v) is 19.9. The number of halogens is 10. The predicted octanol–water partition coefficient (Wildman–Crippen LogP) is 17.3. The van der Waals surface area contributed by atoms with Gasteiger partial charge >= 0.3 is 67.1 Å². The molecule has 0 saturated carbocycles. The summed E-state index contributed by atoms with van der Waals surface area (Å²) in [5.74, 6) is -4.25. The number of carboxylic acids is 4. The van der Waals surface area contributed by atoms with Crippen LogP contribution in [0.1, 0.15) is 122 Å². The van der Waals surface area contributed by atoms with Crippen LogP contribution in [0.4, 0.5) is 43.9 Å². The van der Waals surface area contributed by atoms with Gasteiger partial charge in [-0.1, -0.05) is 121 Å². The zero-order valence-corrected chi connectivity index (χ0v) is 78.1. The number of carbonyl (C=O) groups is 8. The Balaban J connectivity index is 0.000000325. The first-order valence-corrected chi connectivity index (χ1v) is 44.3. The molecule has 8 rings (SSSR count). The van der Waals surface area contributed by atoms with Crippen LogP contribution in [-0.2, 0) is 109 Å². The smallest absolute Gasteiger partial charge is 0.489 e. The lowest BCUT2D eigenvalue weighted by atomic mass is 10.0. The second-order valence-corrected chi connectivity index (χ2v) is 32.3. The third-order valence-electron chi connectivity index (χ3n) is 19.9. The van der Waals surface area contributed by atoms with Crippen molar-refractivity contribution in [1.29, 1.82) is 0 Å². The van der Waals surface area contributed by atoms with Gasteiger partial charge in [0.1, 0.15) is 104 Å². The number of alkyl halides is 10. The van der Waals surface area contributed by atoms with Crippen LogP contribution in [0.25, 0.3) is 0 Å². The number of benzene rings is 8. The van der Waals surface area contributed by atoms with Gasteiger partial charge in [0, 0.05) is 51.9 Å². The van der Waals surface area contributed by atoms with Gasteiger partial charge in [0.25, 0.3) is 0 Å². The maximum atomic E-state index is 12.8. The first-order chi connectivity index (χ1) is 65.7. The number of para-hydroxylation sites is 4. The molecule has 0 aliphatic rings. The summed E-state index contributed by atoms with van der Waals surface area (Å²) in [6.45, 7) is -1.79. The van der Waals surface area contributed by atoms with E-state index in [0.717, 1.165) is 39.8 Å². The first kappa shape index (κ1) is 116. The van der Waals surface area contributed by atoms with E-state index in [0.29, 0.717) is 124 Å². The average molecular weight is 1950 g/mol. The molecule has 756 valence electrons. The molecule has 0 amide bonds. The SMILES string of the molecule is CN(C)CCC(COc1ccccc1CCc1cccc(OC(F)(F)F)c1)OC(=O)CCC(=O)O.CN(C)CCC(COc1ccccc1CCc1cccc(OC(F)F)c1)OC(=O)CCC(=O)O.CN(C)CCC(COc1ccccc1CCc1cccc(OCF)c1)OC(=O)CCC(=O)O.CN(CF)CCC(COc1ccccc1CCc1cccc(OC(F)(F)F)c1)OC(=O)CCC(=O)O. The normalized spacial score (nSPS) is 12.1. The quantitative estimate of drug-likeness (QED) is 0.0119. The van der Waals surface area contributed by atoms with Crippen LogP contribution in [0.3, 0.4) is 0 Å². The minimum absolute atomic E-state index is 0.0368. The van der Waals surface area contributed by atoms with E-state index in [2.05, 4.69) is 14.2 Å². The molecule has 4 atom stereocenters. The van der Waals surface area contributed by atoms with Crippen LogP contribution in [0.2, 0.25) is 0 Å². The number of esters is 4. The lowest BCUT2D eigenvalue weighted by Gasteiger charge is -2.21. The van der Waals surface area contributed by atoms with Crippen molar-refractivity contribution in [3.63, 3.8) is 0 Å². The molecular formula is C100H122F10N4O24. The van der Waals surface area contributed by atoms with Crippen molar-refractivity contribution in [3.05, 3.63) is 239 Å². The maximum Gasteiger partial charge on any atom is 0.573 e. The monoisotopic (exact) mass is 1950 g/mol. The third kappa shape index (κ3) is 53.0. The molecule has 0 bridgehead atoms. The van der Waals surface area contributed by atoms with Crippen LogP contribution in [0, 0.1) is 0 Å². The number of hydrogen-bond acceptors (Lipinski definition) is 24. The van der Waals surface area contributed by atoms with E-state index in [4.69, 9.17) is 63.1 Å². The molecule has 4 unspecified atom stereocenters. The highest BCUT2D eigenvalue weighted by atomic mass is 19.4. The molecule has 0 spiro atoms. The van der Waals surface area contributed by atoms with Gasteiger partial charge in [-0.25, -0.2) is 8.78 Å². The number of aryl methyl sites for hydroxylation is 8. The fourth-order valence-corrected chi connectivity index (χ4v) is 12.9. The Bertz CT molecular complexity index is 4970. The molecule has 8 aromatic rings. The van der Waals surface area contributed by atoms with E-state index >= 15 is 0 Å². The average Bonchev–Trinajstić information content (AvgIpc) is 0.870. The van der Waals surface area contributed by atoms with Gasteiger partial charge in [-0.15, -0.1) is 26.3 Å². The van der Waals surface area contributed by atoms with Gasteiger partial charge in [0.2, 0.25) is 6.86 Å². The molecule has 4 N–H and O–H groups in total. The molecule has 0 saturated heterocycles. The van der Waals surface area contributed by atoms with Crippen molar-refractivity contribution in [2.24, 2.45) is 0 Å². The second-order valence-electron chi connectivity index (χ2n) is 32.3. The molecule has 0 aliphatic heterocycles. The summed E-state index contributed by atoms with van der Waals surface area (Å²) in [6, 6.07) is 54.9. The van der Waals surface area contributed by atoms with Crippen molar-refractivity contribution < 1.29 is 160 Å². The Morgan fingerprint density at radius 1 is 0.312 bits per heavy atom. The fourth-order valence-electron chi connectivity index (χ4n) is 12.9. The predicted molar refractivity (Wildman–Crippen MR) is 489 cm³/mol. The van der Waals surface area contributed by atoms with Gasteiger partial charge in [-0.3, -0.25) is 43.3 Å². The number of aliphatic carboxylic acids is 4. The summed E-state index contributed by atoms with van der Waals surface area (Å²) < 4.78 is 188. The number of nitrogens with zero attached hydrogens (tertiary/aromatic N) is 4. The van der Waals surface area contributed by atoms with E-state index in [9.17, 15) is 82.3 Å². The van der Waals surface area contributed by atoms with Crippen molar-refractivity contribution in [3.8, 4) is 46.0 Å². The maximum absolute atomic E-state index is 12.8. The Labute approximate surface area is 795 Å². The van der Waals surface area contributed by atoms with Crippen molar-refractivity contribution in [2.45, 2.75) is 172 Å². The topological polar surface area (TPSA) is 341 Å². The zero-order valence-electron chi connectivity index (χ0n) is 78.1. The Hall–Kier alpha value is -12.9. The summed E-state index contributed by atoms with van der Waals surface area (Å²) in [5, 5.41) is 35.0. The van der Waals surface area contributed by atoms with Crippen molar-refractivity contribution >= 4 is 47.8 Å². The van der Waals surface area contributed by atoms with Crippen LogP contribution in [0.15, 0.2) is 194 Å². The van der Waals surface area contributed by atoms with Gasteiger partial charge in [0.15, 0.2) is 0 Å². The summed E-state index contributed by atoms with van der Waals surface area (Å²) in [6.07, 6.45) is -7.60. The fraction of sp³-hybridized carbons (Fsp3) is 0.440. The number of hydrogen-bond donors (Lipinski definition) is 4. The number of carboxylic acid groups (broad SMARTS) is 4. The van der Waals surface area contributed by atoms with E-state index < -0.39 is 105 Å². The molecule has 28 nitrogen and oxygen atoms in total. The molecule has 8 aromatic carbocycles. The molecule has 138 heavy (non-hydrogen) atoms. The van der Waals surface area contributed by atoms with Crippen molar-refractivity contribution in [2.75, 3.05) is 116 Å². The van der Waals surface area contributed by atoms with E-state index in [1.165, 1.54) is 47.4 Å². The van der Waals surface area contributed by atoms with Crippen LogP contribution in [0.5, 0.6) is 46.0 Å². The summed E-state index contributed by atoms with van der Waals surface area (Å²) in [7, 11) is 13.0. The number of carbonyl (C=O) groups excluding carboxylic acids is 4. The Morgan fingerprint density at radius 3 is 0.819 bits per heavy atom. The minimum Gasteiger partial charge on any atom is -0.489 e. The number of rotatable bonds is 59. The van der Waals surface area contributed by atoms with Gasteiger partial charge < -0.3 is 92.0 Å². The lowest BCUT2D eigenvalue weighted by Crippen LogP contribution is -2.30. The molecule has 0 heterocycles. The number of ether oxygens (including phenoxy) is 12. The van der Waals surface area contributed by atoms with Gasteiger partial charge in [0.05, 0.1) is 51.4 Å². The van der Waals surface area contributed by atoms with E-state index in [1.54, 1.807) is 67.7 Å². The zero-order chi connectivity index (χ0) is 101. The first-order valence-electron chi connectivity index (χ1n) is 44.3. The standard InChI is InChI=1S/C25H29F4NO6.C25H30F3NO6.C25H31F2NO6.C25H32FNO6/c1-30(17-26)14-13-21(35-24(33)12-11-23(31)32)16-34-22-8-3-2-6-19(22)10-9-18-5-4-7-20(15-18)36-25(27,28)29;1-29(2)15-14-21(34-24(32)13-12-23(30)31)17-33-22-9-4-3-7-19(22)11-10-18-6-5-8-20(16-18)35-25(26,27)28;1-28(2)15-14-21(33-24(31)13-12-23(29)30)17-32-22-9-4-3-7-19(22)11-10-18-6-5-8-20(16-18)34-25(26)27;1-27(2)15-14-22(33-25(30)13-12-24(28)29)17-31-23-9-4-3-7-20(23)11-10-19-6-5-8-21(16-19)32-18-26/h2-8,15,21H,9-14,16-17H2,1H3,(H,31,32);3-9,16,21H,10-15,17H2,1-2H3,(H,30,31);3-9,16,21,25H,10-15,17H2,1-2H3,(H,29,30);3-9,16,22H,10-15,17-18H2,1-2H3,(H,28,29). The van der Waals surface area contributed by atoms with Crippen LogP contribution >= 0.6 is 0 Å². The van der Waals surface area contributed by atoms with E-state index in [-0.39, 0.29) is 108 Å². The molecule has 0 fully saturated rings.